The highest BCUT2D eigenvalue weighted by Crippen LogP contribution is 2.29. The third-order valence-corrected chi connectivity index (χ3v) is 7.36. The molecule has 3 aromatic rings. The zero-order chi connectivity index (χ0) is 36.4. The monoisotopic (exact) mass is 690 g/mol. The molecule has 1 fully saturated rings. The number of ether oxygens (including phenoxy) is 3. The summed E-state index contributed by atoms with van der Waals surface area (Å²) in [5.74, 6) is -3.20. The molecule has 0 bridgehead atoms. The van der Waals surface area contributed by atoms with Crippen LogP contribution in [0.5, 0.6) is 11.5 Å². The maximum Gasteiger partial charge on any atom is 0.408 e. The summed E-state index contributed by atoms with van der Waals surface area (Å²) in [6.45, 7) is 5.09. The van der Waals surface area contributed by atoms with Crippen molar-refractivity contribution in [2.45, 2.75) is 57.5 Å². The molecule has 3 unspecified atom stereocenters. The minimum atomic E-state index is -1.30. The van der Waals surface area contributed by atoms with E-state index in [1.165, 1.54) is 24.3 Å². The topological polar surface area (TPSA) is 213 Å². The molecule has 4 rings (SSSR count). The molecule has 0 aliphatic carbocycles. The number of benzene rings is 3. The first-order chi connectivity index (χ1) is 23.8. The number of hydrogen-bond acceptors (Lipinski definition) is 10. The van der Waals surface area contributed by atoms with Crippen molar-refractivity contribution < 1.29 is 53.6 Å². The fourth-order valence-corrected chi connectivity index (χ4v) is 4.91. The van der Waals surface area contributed by atoms with Crippen molar-refractivity contribution in [1.82, 2.24) is 15.5 Å². The van der Waals surface area contributed by atoms with E-state index in [0.717, 1.165) is 10.5 Å². The molecule has 1 aliphatic rings. The highest BCUT2D eigenvalue weighted by Gasteiger charge is 2.45. The van der Waals surface area contributed by atoms with Crippen LogP contribution in [-0.2, 0) is 30.5 Å². The van der Waals surface area contributed by atoms with E-state index in [1.54, 1.807) is 45.0 Å². The number of oxime groups is 1. The Balaban J connectivity index is 1.28. The number of nitrogens with zero attached hydrogens (tertiary/aromatic N) is 2. The van der Waals surface area contributed by atoms with Crippen LogP contribution in [-0.4, -0.2) is 86.7 Å². The number of carbonyl (C=O) groups is 5. The average molecular weight is 691 g/mol. The minimum Gasteiger partial charge on any atom is -0.494 e. The highest BCUT2D eigenvalue weighted by atomic mass is 16.6. The normalized spacial score (nSPS) is 15.6. The molecule has 15 heteroatoms. The van der Waals surface area contributed by atoms with Gasteiger partial charge in [0.1, 0.15) is 35.8 Å². The van der Waals surface area contributed by atoms with E-state index in [-0.39, 0.29) is 25.1 Å². The fraction of sp³-hybridized carbons (Fsp3) is 0.314. The first kappa shape index (κ1) is 36.7. The summed E-state index contributed by atoms with van der Waals surface area (Å²) in [4.78, 5) is 62.7. The van der Waals surface area contributed by atoms with Crippen LogP contribution in [0, 0.1) is 0 Å². The van der Waals surface area contributed by atoms with Crippen molar-refractivity contribution in [2.75, 3.05) is 13.2 Å². The lowest BCUT2D eigenvalue weighted by Crippen LogP contribution is -2.66. The van der Waals surface area contributed by atoms with E-state index < -0.39 is 59.3 Å². The summed E-state index contributed by atoms with van der Waals surface area (Å²) < 4.78 is 16.4. The number of likely N-dealkylation sites (tertiary alicyclic amines) is 1. The van der Waals surface area contributed by atoms with Gasteiger partial charge in [-0.15, -0.1) is 0 Å². The Morgan fingerprint density at radius 1 is 0.900 bits per heavy atom. The number of carboxylic acid groups (broad SMARTS) is 2. The second-order valence-corrected chi connectivity index (χ2v) is 12.2. The largest absolute Gasteiger partial charge is 0.494 e. The van der Waals surface area contributed by atoms with E-state index in [1.807, 2.05) is 30.3 Å². The zero-order valence-corrected chi connectivity index (χ0v) is 27.6. The Bertz CT molecular complexity index is 1710. The number of β-lactam (4-membered cyclic amide) rings is 1. The first-order valence-corrected chi connectivity index (χ1v) is 15.5. The van der Waals surface area contributed by atoms with Crippen LogP contribution < -0.4 is 20.1 Å². The van der Waals surface area contributed by atoms with Gasteiger partial charge in [0.25, 0.3) is 5.91 Å². The van der Waals surface area contributed by atoms with Crippen LogP contribution in [0.25, 0.3) is 0 Å². The second kappa shape index (κ2) is 16.3. The van der Waals surface area contributed by atoms with Crippen LogP contribution in [0.3, 0.4) is 0 Å². The summed E-state index contributed by atoms with van der Waals surface area (Å²) in [7, 11) is 0. The maximum atomic E-state index is 13.0. The summed E-state index contributed by atoms with van der Waals surface area (Å²) in [5, 5.41) is 36.7. The second-order valence-electron chi connectivity index (χ2n) is 12.2. The zero-order valence-electron chi connectivity index (χ0n) is 27.6. The van der Waals surface area contributed by atoms with Crippen molar-refractivity contribution in [2.24, 2.45) is 5.16 Å². The quantitative estimate of drug-likeness (QED) is 0.0675. The predicted molar refractivity (Wildman–Crippen MR) is 177 cm³/mol. The molecule has 0 spiro atoms. The molecule has 0 saturated carbocycles. The summed E-state index contributed by atoms with van der Waals surface area (Å²) >= 11 is 0. The number of carbonyl (C=O) groups excluding carboxylic acids is 3. The lowest BCUT2D eigenvalue weighted by Gasteiger charge is -2.42. The van der Waals surface area contributed by atoms with Crippen molar-refractivity contribution in [3.05, 3.63) is 95.6 Å². The van der Waals surface area contributed by atoms with E-state index in [4.69, 9.17) is 14.2 Å². The van der Waals surface area contributed by atoms with Gasteiger partial charge in [-0.1, -0.05) is 47.6 Å². The van der Waals surface area contributed by atoms with Crippen LogP contribution in [0.4, 0.5) is 4.79 Å². The highest BCUT2D eigenvalue weighted by molar-refractivity contribution is 6.45. The molecule has 3 amide bonds. The van der Waals surface area contributed by atoms with Gasteiger partial charge in [-0.2, -0.15) is 0 Å². The van der Waals surface area contributed by atoms with Gasteiger partial charge in [0.05, 0.1) is 13.2 Å². The third-order valence-electron chi connectivity index (χ3n) is 7.36. The van der Waals surface area contributed by atoms with Gasteiger partial charge in [-0.25, -0.2) is 14.4 Å². The summed E-state index contributed by atoms with van der Waals surface area (Å²) in [6.07, 6.45) is -0.956. The standard InChI is InChI=1S/C35H38N4O11/c1-35(2,3)50-34(46)37-26(32(42)43)17-18-48-24-13-9-22(10-14-24)28(38-47)30(40)36-27-19-39(31(27)41)29(33(44)45)23-11-15-25(16-12-23)49-20-21-7-5-4-6-8-21/h4-16,26-27,29,47H,17-20H2,1-3H3,(H,36,40)(H,37,46)(H,42,43)(H,44,45). The van der Waals surface area contributed by atoms with Crippen molar-refractivity contribution in [3.63, 3.8) is 0 Å². The van der Waals surface area contributed by atoms with Gasteiger partial charge in [-0.05, 0) is 68.3 Å². The molecule has 0 aromatic heterocycles. The third kappa shape index (κ3) is 9.95. The molecule has 15 nitrogen and oxygen atoms in total. The van der Waals surface area contributed by atoms with E-state index in [0.29, 0.717) is 23.7 Å². The van der Waals surface area contributed by atoms with Crippen molar-refractivity contribution in [3.8, 4) is 11.5 Å². The number of nitrogens with one attached hydrogen (secondary N) is 2. The van der Waals surface area contributed by atoms with Gasteiger partial charge in [0.15, 0.2) is 11.8 Å². The number of alkyl carbamates (subject to hydrolysis) is 1. The number of aliphatic carboxylic acids is 2. The number of amides is 3. The minimum absolute atomic E-state index is 0.0776. The Labute approximate surface area is 287 Å². The van der Waals surface area contributed by atoms with Crippen molar-refractivity contribution >= 4 is 35.6 Å². The van der Waals surface area contributed by atoms with Crippen LogP contribution in [0.1, 0.15) is 49.9 Å². The average Bonchev–Trinajstić information content (AvgIpc) is 3.07. The molecule has 1 saturated heterocycles. The molecule has 0 radical (unpaired) electrons. The lowest BCUT2D eigenvalue weighted by molar-refractivity contribution is -0.160. The van der Waals surface area contributed by atoms with E-state index >= 15 is 0 Å². The van der Waals surface area contributed by atoms with Gasteiger partial charge in [0, 0.05) is 12.0 Å². The Morgan fingerprint density at radius 3 is 2.08 bits per heavy atom. The molecule has 5 N–H and O–H groups in total. The summed E-state index contributed by atoms with van der Waals surface area (Å²) in [5.41, 5.74) is 0.282. The fourth-order valence-electron chi connectivity index (χ4n) is 4.91. The molecule has 50 heavy (non-hydrogen) atoms. The number of rotatable bonds is 15. The van der Waals surface area contributed by atoms with Gasteiger partial charge in [-0.3, -0.25) is 9.59 Å². The number of carboxylic acids is 2. The van der Waals surface area contributed by atoms with E-state index in [2.05, 4.69) is 15.8 Å². The molecular weight excluding hydrogens is 652 g/mol. The molecule has 1 aliphatic heterocycles. The lowest BCUT2D eigenvalue weighted by atomic mass is 9.97. The van der Waals surface area contributed by atoms with E-state index in [9.17, 15) is 39.4 Å². The predicted octanol–water partition coefficient (Wildman–Crippen LogP) is 3.34. The molecule has 3 aromatic carbocycles. The molecular formula is C35H38N4O11. The van der Waals surface area contributed by atoms with Crippen LogP contribution in [0.2, 0.25) is 0 Å². The van der Waals surface area contributed by atoms with Gasteiger partial charge in [0.2, 0.25) is 5.91 Å². The van der Waals surface area contributed by atoms with Crippen LogP contribution >= 0.6 is 0 Å². The molecule has 1 heterocycles. The Hall–Kier alpha value is -6.12. The maximum absolute atomic E-state index is 13.0. The first-order valence-electron chi connectivity index (χ1n) is 15.5. The SMILES string of the molecule is CC(C)(C)OC(=O)NC(CCOc1ccc(C(=NO)C(=O)NC2CN(C(C(=O)O)c3ccc(OCc4ccccc4)cc3)C2=O)cc1)C(=O)O. The van der Waals surface area contributed by atoms with Crippen LogP contribution in [0.15, 0.2) is 84.0 Å². The smallest absolute Gasteiger partial charge is 0.408 e. The molecule has 264 valence electrons. The molecule has 3 atom stereocenters. The summed E-state index contributed by atoms with van der Waals surface area (Å²) in [6, 6.07) is 18.0. The van der Waals surface area contributed by atoms with Gasteiger partial charge < -0.3 is 45.2 Å². The Morgan fingerprint density at radius 2 is 1.52 bits per heavy atom. The Kier molecular flexibility index (Phi) is 12.0. The van der Waals surface area contributed by atoms with Crippen molar-refractivity contribution in [1.29, 1.82) is 0 Å². The number of hydrogen-bond donors (Lipinski definition) is 5. The van der Waals surface area contributed by atoms with Gasteiger partial charge >= 0.3 is 18.0 Å².